The summed E-state index contributed by atoms with van der Waals surface area (Å²) in [6.45, 7) is 4.57. The third-order valence-electron chi connectivity index (χ3n) is 2.62. The molecule has 2 aromatic rings. The third kappa shape index (κ3) is 3.96. The van der Waals surface area contributed by atoms with Gasteiger partial charge in [0.1, 0.15) is 0 Å². The molecule has 0 radical (unpaired) electrons. The second kappa shape index (κ2) is 6.05. The maximum Gasteiger partial charge on any atom is 0.417 e. The Balaban J connectivity index is 2.34. The first-order valence-electron chi connectivity index (χ1n) is 6.22. The van der Waals surface area contributed by atoms with Gasteiger partial charge in [0.25, 0.3) is 0 Å². The molecule has 0 amide bonds. The third-order valence-corrected chi connectivity index (χ3v) is 3.11. The second-order valence-electron chi connectivity index (χ2n) is 4.89. The Morgan fingerprint density at radius 2 is 2.05 bits per heavy atom. The Bertz CT molecular complexity index is 625. The molecule has 8 heteroatoms. The van der Waals surface area contributed by atoms with Gasteiger partial charge in [-0.3, -0.25) is 0 Å². The van der Waals surface area contributed by atoms with Crippen molar-refractivity contribution in [2.24, 2.45) is 5.92 Å². The average molecular weight is 364 g/mol. The summed E-state index contributed by atoms with van der Waals surface area (Å²) in [5.41, 5.74) is -0.930. The molecule has 0 fully saturated rings. The number of hydrogen-bond donors (Lipinski definition) is 1. The van der Waals surface area contributed by atoms with E-state index in [1.54, 1.807) is 0 Å². The van der Waals surface area contributed by atoms with Crippen LogP contribution in [0.5, 0.6) is 0 Å². The fourth-order valence-corrected chi connectivity index (χ4v) is 2.00. The molecule has 1 N–H and O–H groups in total. The Kier molecular flexibility index (Phi) is 4.55. The van der Waals surface area contributed by atoms with Crippen LogP contribution in [0.3, 0.4) is 0 Å². The molecule has 0 unspecified atom stereocenters. The largest absolute Gasteiger partial charge is 0.417 e. The van der Waals surface area contributed by atoms with Gasteiger partial charge in [-0.25, -0.2) is 0 Å². The van der Waals surface area contributed by atoms with Gasteiger partial charge in [0.15, 0.2) is 0 Å². The van der Waals surface area contributed by atoms with E-state index >= 15 is 0 Å². The highest BCUT2D eigenvalue weighted by Gasteiger charge is 2.35. The molecule has 0 saturated carbocycles. The molecule has 114 valence electrons. The molecule has 0 saturated heterocycles. The lowest BCUT2D eigenvalue weighted by molar-refractivity contribution is -0.137. The average Bonchev–Trinajstić information content (AvgIpc) is 2.84. The second-order valence-corrected chi connectivity index (χ2v) is 5.80. The van der Waals surface area contributed by atoms with Gasteiger partial charge in [0.2, 0.25) is 5.82 Å². The minimum absolute atomic E-state index is 0.0962. The van der Waals surface area contributed by atoms with E-state index in [2.05, 4.69) is 31.4 Å². The Morgan fingerprint density at radius 1 is 1.33 bits per heavy atom. The van der Waals surface area contributed by atoms with Crippen molar-refractivity contribution >= 4 is 21.9 Å². The van der Waals surface area contributed by atoms with Crippen molar-refractivity contribution in [3.8, 4) is 11.4 Å². The molecule has 4 nitrogen and oxygen atoms in total. The highest BCUT2D eigenvalue weighted by molar-refractivity contribution is 9.10. The summed E-state index contributed by atoms with van der Waals surface area (Å²) in [6, 6.07) is 3.91. The van der Waals surface area contributed by atoms with Crippen molar-refractivity contribution in [2.75, 3.05) is 11.9 Å². The van der Waals surface area contributed by atoms with Crippen LogP contribution in [0.2, 0.25) is 0 Å². The fraction of sp³-hybridized carbons (Fsp3) is 0.385. The smallest absolute Gasteiger partial charge is 0.337 e. The van der Waals surface area contributed by atoms with Gasteiger partial charge in [-0.2, -0.15) is 18.2 Å². The van der Waals surface area contributed by atoms with Crippen molar-refractivity contribution in [1.29, 1.82) is 0 Å². The van der Waals surface area contributed by atoms with E-state index in [1.807, 2.05) is 13.8 Å². The van der Waals surface area contributed by atoms with Gasteiger partial charge in [-0.05, 0) is 24.1 Å². The monoisotopic (exact) mass is 363 g/mol. The van der Waals surface area contributed by atoms with Crippen LogP contribution in [0.4, 0.5) is 19.2 Å². The van der Waals surface area contributed by atoms with Crippen LogP contribution in [0.1, 0.15) is 19.4 Å². The number of anilines is 1. The first-order valence-corrected chi connectivity index (χ1v) is 7.01. The van der Waals surface area contributed by atoms with Crippen LogP contribution in [-0.2, 0) is 6.18 Å². The summed E-state index contributed by atoms with van der Waals surface area (Å²) in [5, 5.41) is 6.48. The highest BCUT2D eigenvalue weighted by Crippen LogP contribution is 2.37. The minimum Gasteiger partial charge on any atom is -0.337 e. The van der Waals surface area contributed by atoms with E-state index in [0.29, 0.717) is 16.9 Å². The van der Waals surface area contributed by atoms with Crippen molar-refractivity contribution in [1.82, 2.24) is 10.1 Å². The van der Waals surface area contributed by atoms with Crippen LogP contribution < -0.4 is 5.32 Å². The number of benzene rings is 1. The molecule has 2 rings (SSSR count). The lowest BCUT2D eigenvalue weighted by atomic mass is 10.1. The van der Waals surface area contributed by atoms with E-state index in [4.69, 9.17) is 4.52 Å². The SMILES string of the molecule is CC(C)CNc1nc(-c2ccc(Br)cc2C(F)(F)F)no1. The molecule has 1 aromatic carbocycles. The van der Waals surface area contributed by atoms with Crippen molar-refractivity contribution in [3.63, 3.8) is 0 Å². The summed E-state index contributed by atoms with van der Waals surface area (Å²) in [5.74, 6) is 0.250. The number of rotatable bonds is 4. The summed E-state index contributed by atoms with van der Waals surface area (Å²) >= 11 is 3.03. The number of hydrogen-bond acceptors (Lipinski definition) is 4. The van der Waals surface area contributed by atoms with E-state index in [0.717, 1.165) is 6.07 Å². The standard InChI is InChI=1S/C13H13BrF3N3O/c1-7(2)6-18-12-19-11(20-21-12)9-4-3-8(14)5-10(9)13(15,16)17/h3-5,7H,6H2,1-2H3,(H,18,19,20). The Hall–Kier alpha value is -1.57. The molecule has 0 aliphatic rings. The number of alkyl halides is 3. The Labute approximate surface area is 127 Å². The quantitative estimate of drug-likeness (QED) is 0.863. The Morgan fingerprint density at radius 3 is 2.67 bits per heavy atom. The lowest BCUT2D eigenvalue weighted by Gasteiger charge is -2.10. The molecule has 1 aromatic heterocycles. The van der Waals surface area contributed by atoms with Gasteiger partial charge in [0, 0.05) is 16.6 Å². The van der Waals surface area contributed by atoms with Crippen molar-refractivity contribution < 1.29 is 17.7 Å². The summed E-state index contributed by atoms with van der Waals surface area (Å²) in [6.07, 6.45) is -4.49. The predicted octanol–water partition coefficient (Wildman–Crippen LogP) is 4.59. The number of aromatic nitrogens is 2. The van der Waals surface area contributed by atoms with Crippen LogP contribution >= 0.6 is 15.9 Å². The van der Waals surface area contributed by atoms with Gasteiger partial charge in [-0.1, -0.05) is 34.9 Å². The zero-order valence-electron chi connectivity index (χ0n) is 11.3. The van der Waals surface area contributed by atoms with E-state index in [1.165, 1.54) is 12.1 Å². The first-order chi connectivity index (χ1) is 9.77. The molecule has 0 spiro atoms. The van der Waals surface area contributed by atoms with E-state index in [9.17, 15) is 13.2 Å². The van der Waals surface area contributed by atoms with Gasteiger partial charge in [0.05, 0.1) is 5.56 Å². The maximum atomic E-state index is 13.1. The van der Waals surface area contributed by atoms with Crippen LogP contribution in [0.15, 0.2) is 27.2 Å². The predicted molar refractivity (Wildman–Crippen MR) is 75.8 cm³/mol. The molecule has 1 heterocycles. The molecule has 0 aliphatic heterocycles. The summed E-state index contributed by atoms with van der Waals surface area (Å²) in [4.78, 5) is 3.95. The molecular formula is C13H13BrF3N3O. The molecular weight excluding hydrogens is 351 g/mol. The zero-order valence-corrected chi connectivity index (χ0v) is 12.9. The summed E-state index contributed by atoms with van der Waals surface area (Å²) in [7, 11) is 0. The number of halogens is 4. The first kappa shape index (κ1) is 15.8. The van der Waals surface area contributed by atoms with E-state index in [-0.39, 0.29) is 17.4 Å². The maximum absolute atomic E-state index is 13.1. The summed E-state index contributed by atoms with van der Waals surface area (Å²) < 4.78 is 44.4. The highest BCUT2D eigenvalue weighted by atomic mass is 79.9. The number of nitrogens with one attached hydrogen (secondary N) is 1. The van der Waals surface area contributed by atoms with Gasteiger partial charge < -0.3 is 9.84 Å². The number of nitrogens with zero attached hydrogens (tertiary/aromatic N) is 2. The molecule has 0 bridgehead atoms. The zero-order chi connectivity index (χ0) is 15.6. The van der Waals surface area contributed by atoms with E-state index < -0.39 is 11.7 Å². The van der Waals surface area contributed by atoms with Gasteiger partial charge >= 0.3 is 12.2 Å². The topological polar surface area (TPSA) is 51.0 Å². The molecule has 21 heavy (non-hydrogen) atoms. The van der Waals surface area contributed by atoms with Crippen LogP contribution in [0, 0.1) is 5.92 Å². The lowest BCUT2D eigenvalue weighted by Crippen LogP contribution is -2.08. The molecule has 0 aliphatic carbocycles. The van der Waals surface area contributed by atoms with Crippen molar-refractivity contribution in [3.05, 3.63) is 28.2 Å². The molecule has 0 atom stereocenters. The van der Waals surface area contributed by atoms with Gasteiger partial charge in [-0.15, -0.1) is 0 Å². The normalized spacial score (nSPS) is 12.0. The van der Waals surface area contributed by atoms with Crippen LogP contribution in [-0.4, -0.2) is 16.7 Å². The minimum atomic E-state index is -4.49. The van der Waals surface area contributed by atoms with Crippen molar-refractivity contribution in [2.45, 2.75) is 20.0 Å². The van der Waals surface area contributed by atoms with Crippen LogP contribution in [0.25, 0.3) is 11.4 Å². The fourth-order valence-electron chi connectivity index (χ4n) is 1.64.